The van der Waals surface area contributed by atoms with Crippen LogP contribution in [0.15, 0.2) is 6.07 Å². The lowest BCUT2D eigenvalue weighted by molar-refractivity contribution is 0.457. The molecule has 3 N–H and O–H groups in total. The molecule has 1 aliphatic carbocycles. The zero-order chi connectivity index (χ0) is 15.4. The lowest BCUT2D eigenvalue weighted by Gasteiger charge is -2.33. The molecule has 0 bridgehead atoms. The van der Waals surface area contributed by atoms with Crippen molar-refractivity contribution < 1.29 is 0 Å². The van der Waals surface area contributed by atoms with E-state index < -0.39 is 0 Å². The summed E-state index contributed by atoms with van der Waals surface area (Å²) < 4.78 is 0. The SMILES string of the molecule is C[C@H]1CN(c2cc(C3C(C)(C)C3(C)C)nc(N)n2)CCN1. The van der Waals surface area contributed by atoms with Crippen LogP contribution in [0, 0.1) is 10.8 Å². The first-order valence-corrected chi connectivity index (χ1v) is 7.86. The van der Waals surface area contributed by atoms with Crippen LogP contribution in [0.25, 0.3) is 0 Å². The van der Waals surface area contributed by atoms with Gasteiger partial charge in [-0.2, -0.15) is 4.98 Å². The van der Waals surface area contributed by atoms with Crippen LogP contribution in [0.2, 0.25) is 0 Å². The van der Waals surface area contributed by atoms with Crippen LogP contribution in [0.1, 0.15) is 46.2 Å². The Morgan fingerprint density at radius 1 is 1.24 bits per heavy atom. The molecule has 1 aliphatic heterocycles. The van der Waals surface area contributed by atoms with Crippen molar-refractivity contribution in [2.75, 3.05) is 30.3 Å². The minimum Gasteiger partial charge on any atom is -0.368 e. The fourth-order valence-corrected chi connectivity index (χ4v) is 3.86. The van der Waals surface area contributed by atoms with Crippen LogP contribution >= 0.6 is 0 Å². The van der Waals surface area contributed by atoms with Crippen molar-refractivity contribution in [2.24, 2.45) is 10.8 Å². The maximum atomic E-state index is 5.98. The number of rotatable bonds is 2. The van der Waals surface area contributed by atoms with E-state index >= 15 is 0 Å². The molecule has 2 heterocycles. The molecule has 1 saturated carbocycles. The van der Waals surface area contributed by atoms with Gasteiger partial charge in [-0.05, 0) is 17.8 Å². The van der Waals surface area contributed by atoms with Gasteiger partial charge in [-0.15, -0.1) is 0 Å². The lowest BCUT2D eigenvalue weighted by Crippen LogP contribution is -2.49. The van der Waals surface area contributed by atoms with Gasteiger partial charge in [0.2, 0.25) is 5.95 Å². The van der Waals surface area contributed by atoms with E-state index in [1.165, 1.54) is 0 Å². The minimum atomic E-state index is 0.266. The first kappa shape index (κ1) is 14.6. The summed E-state index contributed by atoms with van der Waals surface area (Å²) in [6.45, 7) is 14.4. The lowest BCUT2D eigenvalue weighted by atomic mass is 10.0. The zero-order valence-corrected chi connectivity index (χ0v) is 13.8. The van der Waals surface area contributed by atoms with Crippen LogP contribution in [-0.4, -0.2) is 35.6 Å². The van der Waals surface area contributed by atoms with Gasteiger partial charge < -0.3 is 16.0 Å². The Labute approximate surface area is 127 Å². The zero-order valence-electron chi connectivity index (χ0n) is 13.8. The highest BCUT2D eigenvalue weighted by atomic mass is 15.3. The molecule has 1 aromatic heterocycles. The van der Waals surface area contributed by atoms with Gasteiger partial charge in [-0.25, -0.2) is 4.98 Å². The second-order valence-electron chi connectivity index (χ2n) is 7.69. The number of aromatic nitrogens is 2. The average Bonchev–Trinajstić information content (AvgIpc) is 2.78. The molecular weight excluding hydrogens is 262 g/mol. The van der Waals surface area contributed by atoms with Crippen LogP contribution in [0.5, 0.6) is 0 Å². The van der Waals surface area contributed by atoms with Crippen molar-refractivity contribution in [1.82, 2.24) is 15.3 Å². The number of nitrogens with two attached hydrogens (primary N) is 1. The Balaban J connectivity index is 1.91. The van der Waals surface area contributed by atoms with E-state index in [0.29, 0.717) is 17.9 Å². The quantitative estimate of drug-likeness (QED) is 0.872. The molecule has 116 valence electrons. The molecule has 2 aliphatic rings. The molecule has 5 heteroatoms. The van der Waals surface area contributed by atoms with Gasteiger partial charge in [0, 0.05) is 37.7 Å². The molecule has 2 fully saturated rings. The van der Waals surface area contributed by atoms with Crippen LogP contribution < -0.4 is 16.0 Å². The summed E-state index contributed by atoms with van der Waals surface area (Å²) in [4.78, 5) is 11.3. The monoisotopic (exact) mass is 289 g/mol. The first-order valence-electron chi connectivity index (χ1n) is 7.86. The normalized spacial score (nSPS) is 27.7. The van der Waals surface area contributed by atoms with Crippen molar-refractivity contribution in [3.63, 3.8) is 0 Å². The van der Waals surface area contributed by atoms with Gasteiger partial charge in [-0.3, -0.25) is 0 Å². The molecule has 3 rings (SSSR count). The summed E-state index contributed by atoms with van der Waals surface area (Å²) >= 11 is 0. The summed E-state index contributed by atoms with van der Waals surface area (Å²) in [5.41, 5.74) is 7.61. The number of anilines is 2. The Kier molecular flexibility index (Phi) is 3.17. The number of hydrogen-bond acceptors (Lipinski definition) is 5. The van der Waals surface area contributed by atoms with E-state index in [2.05, 4.69) is 60.9 Å². The summed E-state index contributed by atoms with van der Waals surface area (Å²) in [6.07, 6.45) is 0. The molecule has 0 radical (unpaired) electrons. The van der Waals surface area contributed by atoms with Crippen LogP contribution in [0.3, 0.4) is 0 Å². The highest BCUT2D eigenvalue weighted by Crippen LogP contribution is 2.73. The molecule has 0 aromatic carbocycles. The predicted molar refractivity (Wildman–Crippen MR) is 86.4 cm³/mol. The maximum absolute atomic E-state index is 5.98. The third kappa shape index (κ3) is 2.27. The van der Waals surface area contributed by atoms with Crippen molar-refractivity contribution >= 4 is 11.8 Å². The fraction of sp³-hybridized carbons (Fsp3) is 0.750. The average molecular weight is 289 g/mol. The Hall–Kier alpha value is -1.36. The van der Waals surface area contributed by atoms with Gasteiger partial charge in [0.15, 0.2) is 0 Å². The molecule has 0 spiro atoms. The largest absolute Gasteiger partial charge is 0.368 e. The maximum Gasteiger partial charge on any atom is 0.222 e. The number of nitrogens with zero attached hydrogens (tertiary/aromatic N) is 3. The summed E-state index contributed by atoms with van der Waals surface area (Å²) in [5, 5.41) is 3.46. The molecular formula is C16H27N5. The molecule has 1 atom stereocenters. The number of hydrogen-bond donors (Lipinski definition) is 2. The fourth-order valence-electron chi connectivity index (χ4n) is 3.86. The first-order chi connectivity index (χ1) is 9.73. The third-order valence-electron chi connectivity index (χ3n) is 5.76. The highest BCUT2D eigenvalue weighted by molar-refractivity contribution is 5.47. The topological polar surface area (TPSA) is 67.1 Å². The van der Waals surface area contributed by atoms with E-state index in [-0.39, 0.29) is 10.8 Å². The van der Waals surface area contributed by atoms with E-state index in [1.54, 1.807) is 0 Å². The standard InChI is InChI=1S/C16H27N5/c1-10-9-21(7-6-18-10)12-8-11(19-14(17)20-12)13-15(2,3)16(13,4)5/h8,10,13,18H,6-7,9H2,1-5H3,(H2,17,19,20)/t10-/m0/s1. The Bertz CT molecular complexity index is 538. The number of nitrogen functional groups attached to an aromatic ring is 1. The Morgan fingerprint density at radius 2 is 1.90 bits per heavy atom. The molecule has 1 aromatic rings. The number of piperazine rings is 1. The van der Waals surface area contributed by atoms with Gasteiger partial charge in [0.1, 0.15) is 5.82 Å². The van der Waals surface area contributed by atoms with Gasteiger partial charge >= 0.3 is 0 Å². The van der Waals surface area contributed by atoms with Crippen molar-refractivity contribution in [1.29, 1.82) is 0 Å². The summed E-state index contributed by atoms with van der Waals surface area (Å²) in [7, 11) is 0. The van der Waals surface area contributed by atoms with Gasteiger partial charge in [-0.1, -0.05) is 27.7 Å². The molecule has 0 unspecified atom stereocenters. The predicted octanol–water partition coefficient (Wildman–Crippen LogP) is 2.01. The number of nitrogens with one attached hydrogen (secondary N) is 1. The van der Waals surface area contributed by atoms with Crippen molar-refractivity contribution in [3.05, 3.63) is 11.8 Å². The van der Waals surface area contributed by atoms with Crippen molar-refractivity contribution in [3.8, 4) is 0 Å². The van der Waals surface area contributed by atoms with E-state index in [0.717, 1.165) is 31.1 Å². The molecule has 5 nitrogen and oxygen atoms in total. The smallest absolute Gasteiger partial charge is 0.222 e. The van der Waals surface area contributed by atoms with E-state index in [9.17, 15) is 0 Å². The van der Waals surface area contributed by atoms with Crippen LogP contribution in [-0.2, 0) is 0 Å². The molecule has 21 heavy (non-hydrogen) atoms. The third-order valence-corrected chi connectivity index (χ3v) is 5.76. The highest BCUT2D eigenvalue weighted by Gasteiger charge is 2.66. The summed E-state index contributed by atoms with van der Waals surface area (Å²) in [6, 6.07) is 2.63. The van der Waals surface area contributed by atoms with Crippen molar-refractivity contribution in [2.45, 2.75) is 46.6 Å². The minimum absolute atomic E-state index is 0.266. The van der Waals surface area contributed by atoms with Gasteiger partial charge in [0.05, 0.1) is 5.69 Å². The second kappa shape index (κ2) is 4.57. The summed E-state index contributed by atoms with van der Waals surface area (Å²) in [5.74, 6) is 1.82. The molecule has 1 saturated heterocycles. The van der Waals surface area contributed by atoms with Crippen LogP contribution in [0.4, 0.5) is 11.8 Å². The van der Waals surface area contributed by atoms with E-state index in [4.69, 9.17) is 5.73 Å². The van der Waals surface area contributed by atoms with Gasteiger partial charge in [0.25, 0.3) is 0 Å². The second-order valence-corrected chi connectivity index (χ2v) is 7.69. The molecule has 0 amide bonds. The van der Waals surface area contributed by atoms with E-state index in [1.807, 2.05) is 0 Å². The Morgan fingerprint density at radius 3 is 2.48 bits per heavy atom.